The largest absolute Gasteiger partial charge is 0.496 e. The molecule has 1 unspecified atom stereocenters. The van der Waals surface area contributed by atoms with Crippen LogP contribution in [0.25, 0.3) is 0 Å². The van der Waals surface area contributed by atoms with Gasteiger partial charge >= 0.3 is 0 Å². The van der Waals surface area contributed by atoms with Crippen molar-refractivity contribution in [2.24, 2.45) is 4.99 Å². The number of ether oxygens (including phenoxy) is 1. The molecule has 0 radical (unpaired) electrons. The molecule has 0 saturated carbocycles. The van der Waals surface area contributed by atoms with Crippen LogP contribution in [0.5, 0.6) is 5.75 Å². The molecular formula is C20H26ClN3O2. The smallest absolute Gasteiger partial charge is 0.191 e. The Kier molecular flexibility index (Phi) is 8.25. The molecule has 2 aromatic rings. The molecule has 1 atom stereocenters. The molecule has 26 heavy (non-hydrogen) atoms. The zero-order valence-corrected chi connectivity index (χ0v) is 16.0. The van der Waals surface area contributed by atoms with E-state index in [1.165, 1.54) is 0 Å². The van der Waals surface area contributed by atoms with Gasteiger partial charge in [-0.3, -0.25) is 0 Å². The fourth-order valence-electron chi connectivity index (χ4n) is 2.59. The Labute approximate surface area is 160 Å². The van der Waals surface area contributed by atoms with Crippen LogP contribution in [0.1, 0.15) is 24.0 Å². The van der Waals surface area contributed by atoms with E-state index in [1.54, 1.807) is 13.2 Å². The summed E-state index contributed by atoms with van der Waals surface area (Å²) in [6.07, 6.45) is 0. The lowest BCUT2D eigenvalue weighted by Gasteiger charge is -2.18. The minimum absolute atomic E-state index is 0.00474. The molecule has 0 amide bonds. The number of rotatable bonds is 8. The standard InChI is InChI=1S/C20H26ClN3O2/c1-3-22-20(23-12-16-9-10-18(21)11-19(16)26-2)24-13-17(14-25)15-7-5-4-6-8-15/h4-11,17,25H,3,12-14H2,1-2H3,(H2,22,23,24). The predicted molar refractivity (Wildman–Crippen MR) is 107 cm³/mol. The van der Waals surface area contributed by atoms with Gasteiger partial charge in [-0.1, -0.05) is 48.0 Å². The summed E-state index contributed by atoms with van der Waals surface area (Å²) >= 11 is 6.00. The van der Waals surface area contributed by atoms with Crippen LogP contribution < -0.4 is 15.4 Å². The Morgan fingerprint density at radius 1 is 1.19 bits per heavy atom. The number of hydrogen-bond donors (Lipinski definition) is 3. The molecule has 0 saturated heterocycles. The highest BCUT2D eigenvalue weighted by Gasteiger charge is 2.11. The quantitative estimate of drug-likeness (QED) is 0.489. The van der Waals surface area contributed by atoms with Gasteiger partial charge in [0.1, 0.15) is 5.75 Å². The second-order valence-corrected chi connectivity index (χ2v) is 6.26. The van der Waals surface area contributed by atoms with E-state index in [9.17, 15) is 5.11 Å². The Morgan fingerprint density at radius 3 is 2.62 bits per heavy atom. The van der Waals surface area contributed by atoms with Gasteiger partial charge in [0.2, 0.25) is 0 Å². The second kappa shape index (κ2) is 10.7. The number of halogens is 1. The van der Waals surface area contributed by atoms with Gasteiger partial charge in [-0.2, -0.15) is 0 Å². The Bertz CT molecular complexity index is 707. The Hall–Kier alpha value is -2.24. The fourth-order valence-corrected chi connectivity index (χ4v) is 2.75. The zero-order valence-electron chi connectivity index (χ0n) is 15.2. The molecule has 0 aliphatic carbocycles. The van der Waals surface area contributed by atoms with Crippen LogP contribution in [0.2, 0.25) is 5.02 Å². The van der Waals surface area contributed by atoms with Crippen LogP contribution in [0.15, 0.2) is 53.5 Å². The first-order valence-corrected chi connectivity index (χ1v) is 9.06. The van der Waals surface area contributed by atoms with Gasteiger partial charge in [-0.15, -0.1) is 0 Å². The number of benzene rings is 2. The van der Waals surface area contributed by atoms with Gasteiger partial charge < -0.3 is 20.5 Å². The van der Waals surface area contributed by atoms with Gasteiger partial charge in [0.15, 0.2) is 5.96 Å². The number of nitrogens with one attached hydrogen (secondary N) is 2. The zero-order chi connectivity index (χ0) is 18.8. The van der Waals surface area contributed by atoms with E-state index in [0.717, 1.165) is 23.4 Å². The summed E-state index contributed by atoms with van der Waals surface area (Å²) in [5.74, 6) is 1.42. The molecule has 0 spiro atoms. The van der Waals surface area contributed by atoms with Crippen LogP contribution in [-0.2, 0) is 6.54 Å². The number of methoxy groups -OCH3 is 1. The monoisotopic (exact) mass is 375 g/mol. The van der Waals surface area contributed by atoms with Crippen molar-refractivity contribution in [3.05, 3.63) is 64.7 Å². The maximum Gasteiger partial charge on any atom is 0.191 e. The van der Waals surface area contributed by atoms with E-state index in [2.05, 4.69) is 15.6 Å². The third-order valence-corrected chi connectivity index (χ3v) is 4.24. The van der Waals surface area contributed by atoms with Crippen molar-refractivity contribution in [3.8, 4) is 5.75 Å². The minimum Gasteiger partial charge on any atom is -0.496 e. The van der Waals surface area contributed by atoms with Crippen LogP contribution in [-0.4, -0.2) is 37.9 Å². The van der Waals surface area contributed by atoms with E-state index in [-0.39, 0.29) is 12.5 Å². The van der Waals surface area contributed by atoms with Crippen molar-refractivity contribution >= 4 is 17.6 Å². The first-order chi connectivity index (χ1) is 12.7. The summed E-state index contributed by atoms with van der Waals surface area (Å²) in [5.41, 5.74) is 2.05. The van der Waals surface area contributed by atoms with E-state index in [0.29, 0.717) is 24.1 Å². The molecule has 2 aromatic carbocycles. The summed E-state index contributed by atoms with van der Waals surface area (Å²) in [5, 5.41) is 16.9. The average Bonchev–Trinajstić information content (AvgIpc) is 2.67. The summed E-state index contributed by atoms with van der Waals surface area (Å²) < 4.78 is 5.36. The molecule has 2 rings (SSSR count). The van der Waals surface area contributed by atoms with Crippen molar-refractivity contribution in [2.45, 2.75) is 19.4 Å². The van der Waals surface area contributed by atoms with Crippen molar-refractivity contribution in [1.29, 1.82) is 0 Å². The molecule has 0 heterocycles. The third-order valence-electron chi connectivity index (χ3n) is 4.01. The Balaban J connectivity index is 2.04. The molecule has 6 heteroatoms. The molecule has 5 nitrogen and oxygen atoms in total. The van der Waals surface area contributed by atoms with Crippen molar-refractivity contribution in [1.82, 2.24) is 10.6 Å². The molecule has 0 aliphatic rings. The maximum atomic E-state index is 9.70. The number of nitrogens with zero attached hydrogens (tertiary/aromatic N) is 1. The number of guanidine groups is 1. The third kappa shape index (κ3) is 5.93. The van der Waals surface area contributed by atoms with Gasteiger partial charge in [-0.05, 0) is 24.6 Å². The van der Waals surface area contributed by atoms with Crippen molar-refractivity contribution in [2.75, 3.05) is 26.8 Å². The molecule has 0 bridgehead atoms. The lowest BCUT2D eigenvalue weighted by atomic mass is 10.0. The van der Waals surface area contributed by atoms with Crippen molar-refractivity contribution in [3.63, 3.8) is 0 Å². The number of aliphatic hydroxyl groups is 1. The molecular weight excluding hydrogens is 350 g/mol. The van der Waals surface area contributed by atoms with Crippen LogP contribution in [0.4, 0.5) is 0 Å². The average molecular weight is 376 g/mol. The van der Waals surface area contributed by atoms with E-state index in [4.69, 9.17) is 16.3 Å². The second-order valence-electron chi connectivity index (χ2n) is 5.82. The van der Waals surface area contributed by atoms with Crippen LogP contribution in [0.3, 0.4) is 0 Å². The maximum absolute atomic E-state index is 9.70. The molecule has 3 N–H and O–H groups in total. The lowest BCUT2D eigenvalue weighted by molar-refractivity contribution is 0.265. The van der Waals surface area contributed by atoms with Gasteiger partial charge in [-0.25, -0.2) is 4.99 Å². The predicted octanol–water partition coefficient (Wildman–Crippen LogP) is 3.18. The minimum atomic E-state index is 0.00474. The van der Waals surface area contributed by atoms with Gasteiger partial charge in [0.25, 0.3) is 0 Å². The topological polar surface area (TPSA) is 65.9 Å². The number of aliphatic hydroxyl groups excluding tert-OH is 1. The lowest BCUT2D eigenvalue weighted by Crippen LogP contribution is -2.39. The first kappa shape index (κ1) is 20.1. The van der Waals surface area contributed by atoms with Gasteiger partial charge in [0.05, 0.1) is 20.3 Å². The highest BCUT2D eigenvalue weighted by atomic mass is 35.5. The SMILES string of the molecule is CCNC(=NCc1ccc(Cl)cc1OC)NCC(CO)c1ccccc1. The summed E-state index contributed by atoms with van der Waals surface area (Å²) in [4.78, 5) is 4.61. The summed E-state index contributed by atoms with van der Waals surface area (Å²) in [6, 6.07) is 15.5. The Morgan fingerprint density at radius 2 is 1.96 bits per heavy atom. The molecule has 0 aliphatic heterocycles. The van der Waals surface area contributed by atoms with E-state index >= 15 is 0 Å². The van der Waals surface area contributed by atoms with Crippen molar-refractivity contribution < 1.29 is 9.84 Å². The summed E-state index contributed by atoms with van der Waals surface area (Å²) in [6.45, 7) is 3.88. The summed E-state index contributed by atoms with van der Waals surface area (Å²) in [7, 11) is 1.62. The number of aliphatic imine (C=N–C) groups is 1. The molecule has 0 fully saturated rings. The highest BCUT2D eigenvalue weighted by molar-refractivity contribution is 6.30. The number of hydrogen-bond acceptors (Lipinski definition) is 3. The molecule has 0 aromatic heterocycles. The van der Waals surface area contributed by atoms with Gasteiger partial charge in [0, 0.05) is 29.6 Å². The van der Waals surface area contributed by atoms with E-state index in [1.807, 2.05) is 49.4 Å². The normalized spacial score (nSPS) is 12.5. The van der Waals surface area contributed by atoms with Crippen LogP contribution >= 0.6 is 11.6 Å². The first-order valence-electron chi connectivity index (χ1n) is 8.68. The fraction of sp³-hybridized carbons (Fsp3) is 0.350. The van der Waals surface area contributed by atoms with Crippen LogP contribution in [0, 0.1) is 0 Å². The van der Waals surface area contributed by atoms with E-state index < -0.39 is 0 Å². The molecule has 140 valence electrons. The highest BCUT2D eigenvalue weighted by Crippen LogP contribution is 2.23.